The highest BCUT2D eigenvalue weighted by atomic mass is 16.3. The number of rotatable bonds is 7. The van der Waals surface area contributed by atoms with Gasteiger partial charge in [-0.3, -0.25) is 14.3 Å². The highest BCUT2D eigenvalue weighted by molar-refractivity contribution is 5.78. The Balaban J connectivity index is 1.50. The summed E-state index contributed by atoms with van der Waals surface area (Å²) in [5, 5.41) is 16.9. The number of nitrogens with one attached hydrogen (secondary N) is 1. The lowest BCUT2D eigenvalue weighted by Crippen LogP contribution is -2.41. The minimum atomic E-state index is -0.257. The van der Waals surface area contributed by atoms with Crippen LogP contribution in [0.4, 0.5) is 0 Å². The van der Waals surface area contributed by atoms with Crippen molar-refractivity contribution in [2.24, 2.45) is 13.0 Å². The van der Waals surface area contributed by atoms with E-state index in [1.807, 2.05) is 18.1 Å². The van der Waals surface area contributed by atoms with Crippen LogP contribution < -0.4 is 5.32 Å². The van der Waals surface area contributed by atoms with Crippen molar-refractivity contribution in [3.8, 4) is 0 Å². The molecule has 1 saturated carbocycles. The summed E-state index contributed by atoms with van der Waals surface area (Å²) in [5.74, 6) is 0.456. The van der Waals surface area contributed by atoms with Crippen LogP contribution in [0.2, 0.25) is 0 Å². The average Bonchev–Trinajstić information content (AvgIpc) is 3.11. The van der Waals surface area contributed by atoms with Crippen LogP contribution in [-0.4, -0.2) is 50.8 Å². The number of nitrogens with zero attached hydrogens (tertiary/aromatic N) is 3. The van der Waals surface area contributed by atoms with Gasteiger partial charge in [0, 0.05) is 44.7 Å². The molecule has 0 bridgehead atoms. The standard InChI is InChI=1S/C17H26N4O3/c1-20-11-13(10-18-20)17(12-8-14(22)9-12)19-15(23)4-2-6-21-7-3-5-16(21)24/h10-12,14,17,22H,2-9H2,1H3,(H,19,23)/t12?,14?,17-/m0/s1. The van der Waals surface area contributed by atoms with Crippen LogP contribution in [0.3, 0.4) is 0 Å². The summed E-state index contributed by atoms with van der Waals surface area (Å²) in [6, 6.07) is -0.0944. The van der Waals surface area contributed by atoms with Crippen molar-refractivity contribution in [2.45, 2.75) is 50.7 Å². The lowest BCUT2D eigenvalue weighted by atomic mass is 9.75. The second-order valence-corrected chi connectivity index (χ2v) is 6.97. The first-order valence-electron chi connectivity index (χ1n) is 8.76. The number of aromatic nitrogens is 2. The molecule has 1 atom stereocenters. The number of aliphatic hydroxyl groups excluding tert-OH is 1. The van der Waals surface area contributed by atoms with Crippen molar-refractivity contribution in [3.05, 3.63) is 18.0 Å². The lowest BCUT2D eigenvalue weighted by molar-refractivity contribution is -0.128. The molecule has 0 radical (unpaired) electrons. The van der Waals surface area contributed by atoms with Crippen molar-refractivity contribution in [2.75, 3.05) is 13.1 Å². The van der Waals surface area contributed by atoms with Gasteiger partial charge < -0.3 is 15.3 Å². The molecule has 2 fully saturated rings. The van der Waals surface area contributed by atoms with Crippen LogP contribution in [0.1, 0.15) is 50.1 Å². The van der Waals surface area contributed by atoms with E-state index in [4.69, 9.17) is 0 Å². The molecular formula is C17H26N4O3. The van der Waals surface area contributed by atoms with Gasteiger partial charge in [-0.15, -0.1) is 0 Å². The quantitative estimate of drug-likeness (QED) is 0.770. The van der Waals surface area contributed by atoms with E-state index in [1.54, 1.807) is 10.9 Å². The van der Waals surface area contributed by atoms with E-state index in [0.29, 0.717) is 38.6 Å². The molecule has 1 saturated heterocycles. The van der Waals surface area contributed by atoms with Gasteiger partial charge in [0.2, 0.25) is 11.8 Å². The number of carbonyl (C=O) groups excluding carboxylic acids is 2. The molecule has 1 aromatic heterocycles. The van der Waals surface area contributed by atoms with E-state index in [-0.39, 0.29) is 29.9 Å². The highest BCUT2D eigenvalue weighted by Gasteiger charge is 2.36. The molecule has 2 amide bonds. The Morgan fingerprint density at radius 2 is 2.29 bits per heavy atom. The van der Waals surface area contributed by atoms with Gasteiger partial charge in [0.15, 0.2) is 0 Å². The Bertz CT molecular complexity index is 594. The molecule has 0 aromatic carbocycles. The number of hydrogen-bond acceptors (Lipinski definition) is 4. The molecule has 7 heteroatoms. The van der Waals surface area contributed by atoms with Crippen molar-refractivity contribution < 1.29 is 14.7 Å². The van der Waals surface area contributed by atoms with Gasteiger partial charge >= 0.3 is 0 Å². The Morgan fingerprint density at radius 1 is 1.50 bits per heavy atom. The Labute approximate surface area is 142 Å². The van der Waals surface area contributed by atoms with Crippen LogP contribution in [0.25, 0.3) is 0 Å². The molecule has 0 unspecified atom stereocenters. The van der Waals surface area contributed by atoms with Gasteiger partial charge in [-0.25, -0.2) is 0 Å². The number of amides is 2. The second-order valence-electron chi connectivity index (χ2n) is 6.97. The molecule has 1 aliphatic carbocycles. The van der Waals surface area contributed by atoms with E-state index >= 15 is 0 Å². The van der Waals surface area contributed by atoms with Gasteiger partial charge in [-0.05, 0) is 31.6 Å². The fourth-order valence-electron chi connectivity index (χ4n) is 3.59. The molecule has 2 N–H and O–H groups in total. The van der Waals surface area contributed by atoms with E-state index in [0.717, 1.165) is 18.5 Å². The SMILES string of the molecule is Cn1cc([C@@H](NC(=O)CCCN2CCCC2=O)C2CC(O)C2)cn1. The van der Waals surface area contributed by atoms with Gasteiger partial charge in [0.05, 0.1) is 18.3 Å². The molecule has 24 heavy (non-hydrogen) atoms. The van der Waals surface area contributed by atoms with Gasteiger partial charge in [0.1, 0.15) is 0 Å². The first kappa shape index (κ1) is 17.0. The lowest BCUT2D eigenvalue weighted by Gasteiger charge is -2.37. The predicted molar refractivity (Wildman–Crippen MR) is 87.9 cm³/mol. The summed E-state index contributed by atoms with van der Waals surface area (Å²) >= 11 is 0. The highest BCUT2D eigenvalue weighted by Crippen LogP contribution is 2.38. The summed E-state index contributed by atoms with van der Waals surface area (Å²) < 4.78 is 1.72. The number of likely N-dealkylation sites (tertiary alicyclic amines) is 1. The molecule has 0 spiro atoms. The third-order valence-electron chi connectivity index (χ3n) is 5.02. The van der Waals surface area contributed by atoms with Gasteiger partial charge in [0.25, 0.3) is 0 Å². The third kappa shape index (κ3) is 3.95. The van der Waals surface area contributed by atoms with E-state index in [2.05, 4.69) is 10.4 Å². The molecule has 1 aromatic rings. The largest absolute Gasteiger partial charge is 0.393 e. The van der Waals surface area contributed by atoms with E-state index < -0.39 is 0 Å². The first-order valence-corrected chi connectivity index (χ1v) is 8.76. The van der Waals surface area contributed by atoms with E-state index in [9.17, 15) is 14.7 Å². The molecule has 7 nitrogen and oxygen atoms in total. The Kier molecular flexibility index (Phi) is 5.18. The van der Waals surface area contributed by atoms with Crippen LogP contribution in [0, 0.1) is 5.92 Å². The van der Waals surface area contributed by atoms with Crippen LogP contribution in [0.15, 0.2) is 12.4 Å². The number of carbonyl (C=O) groups is 2. The molecule has 132 valence electrons. The van der Waals surface area contributed by atoms with Crippen molar-refractivity contribution >= 4 is 11.8 Å². The topological polar surface area (TPSA) is 87.5 Å². The minimum Gasteiger partial charge on any atom is -0.393 e. The Morgan fingerprint density at radius 3 is 2.88 bits per heavy atom. The summed E-state index contributed by atoms with van der Waals surface area (Å²) in [6.45, 7) is 1.48. The van der Waals surface area contributed by atoms with Crippen LogP contribution in [0.5, 0.6) is 0 Å². The van der Waals surface area contributed by atoms with Crippen molar-refractivity contribution in [1.82, 2.24) is 20.0 Å². The number of aliphatic hydroxyl groups is 1. The van der Waals surface area contributed by atoms with Crippen molar-refractivity contribution in [1.29, 1.82) is 0 Å². The van der Waals surface area contributed by atoms with Gasteiger partial charge in [-0.2, -0.15) is 5.10 Å². The molecule has 2 heterocycles. The monoisotopic (exact) mass is 334 g/mol. The minimum absolute atomic E-state index is 0.00288. The maximum Gasteiger partial charge on any atom is 0.222 e. The van der Waals surface area contributed by atoms with Crippen LogP contribution >= 0.6 is 0 Å². The zero-order valence-electron chi connectivity index (χ0n) is 14.1. The number of aryl methyl sites for hydroxylation is 1. The van der Waals surface area contributed by atoms with E-state index in [1.165, 1.54) is 0 Å². The Hall–Kier alpha value is -1.89. The first-order chi connectivity index (χ1) is 11.5. The number of hydrogen-bond donors (Lipinski definition) is 2. The second kappa shape index (κ2) is 7.34. The maximum absolute atomic E-state index is 12.3. The maximum atomic E-state index is 12.3. The smallest absolute Gasteiger partial charge is 0.222 e. The molecular weight excluding hydrogens is 308 g/mol. The predicted octanol–water partition coefficient (Wildman–Crippen LogP) is 0.751. The third-order valence-corrected chi connectivity index (χ3v) is 5.02. The van der Waals surface area contributed by atoms with Crippen molar-refractivity contribution in [3.63, 3.8) is 0 Å². The fourth-order valence-corrected chi connectivity index (χ4v) is 3.59. The van der Waals surface area contributed by atoms with Crippen LogP contribution in [-0.2, 0) is 16.6 Å². The molecule has 1 aliphatic heterocycles. The summed E-state index contributed by atoms with van der Waals surface area (Å²) in [4.78, 5) is 25.7. The zero-order chi connectivity index (χ0) is 17.1. The molecule has 3 rings (SSSR count). The summed E-state index contributed by atoms with van der Waals surface area (Å²) in [6.07, 6.45) is 7.52. The fraction of sp³-hybridized carbons (Fsp3) is 0.706. The summed E-state index contributed by atoms with van der Waals surface area (Å²) in [7, 11) is 1.85. The zero-order valence-corrected chi connectivity index (χ0v) is 14.1. The summed E-state index contributed by atoms with van der Waals surface area (Å²) in [5.41, 5.74) is 0.984. The normalized spacial score (nSPS) is 24.8. The van der Waals surface area contributed by atoms with Gasteiger partial charge in [-0.1, -0.05) is 0 Å². The molecule has 2 aliphatic rings. The average molecular weight is 334 g/mol.